The first-order valence-electron chi connectivity index (χ1n) is 7.59. The number of aromatic nitrogens is 2. The molecule has 6 heteroatoms. The standard InChI is InChI=1S/C19H12ClFN2OS/c20-16-7-2-1-4-13(16)9-23-11-22-17-15(10-25-18(17)19(23)24)12-5-3-6-14(21)8-12/h1-8,10-11H,9H2. The van der Waals surface area contributed by atoms with Crippen molar-refractivity contribution < 1.29 is 4.39 Å². The molecule has 2 heterocycles. The molecule has 0 aliphatic carbocycles. The van der Waals surface area contributed by atoms with Crippen molar-refractivity contribution >= 4 is 33.2 Å². The summed E-state index contributed by atoms with van der Waals surface area (Å²) in [5.74, 6) is -0.316. The van der Waals surface area contributed by atoms with Crippen molar-refractivity contribution in [1.29, 1.82) is 0 Å². The van der Waals surface area contributed by atoms with Gasteiger partial charge < -0.3 is 0 Å². The summed E-state index contributed by atoms with van der Waals surface area (Å²) in [6, 6.07) is 13.7. The van der Waals surface area contributed by atoms with Gasteiger partial charge in [0.1, 0.15) is 10.5 Å². The van der Waals surface area contributed by atoms with Crippen molar-refractivity contribution in [2.45, 2.75) is 6.54 Å². The average molecular weight is 371 g/mol. The molecule has 0 atom stereocenters. The van der Waals surface area contributed by atoms with E-state index in [4.69, 9.17) is 11.6 Å². The van der Waals surface area contributed by atoms with Crippen LogP contribution in [0.1, 0.15) is 5.56 Å². The molecule has 124 valence electrons. The van der Waals surface area contributed by atoms with Crippen molar-refractivity contribution in [2.75, 3.05) is 0 Å². The van der Waals surface area contributed by atoms with E-state index in [0.29, 0.717) is 27.3 Å². The molecule has 0 N–H and O–H groups in total. The molecular weight excluding hydrogens is 359 g/mol. The largest absolute Gasteiger partial charge is 0.293 e. The zero-order valence-corrected chi connectivity index (χ0v) is 14.5. The van der Waals surface area contributed by atoms with Gasteiger partial charge in [-0.25, -0.2) is 9.37 Å². The lowest BCUT2D eigenvalue weighted by Gasteiger charge is -2.07. The predicted octanol–water partition coefficient (Wildman–Crippen LogP) is 4.97. The van der Waals surface area contributed by atoms with E-state index in [1.165, 1.54) is 34.4 Å². The van der Waals surface area contributed by atoms with Crippen LogP contribution in [-0.2, 0) is 6.54 Å². The van der Waals surface area contributed by atoms with E-state index in [9.17, 15) is 9.18 Å². The van der Waals surface area contributed by atoms with Crippen molar-refractivity contribution in [2.24, 2.45) is 0 Å². The third kappa shape index (κ3) is 2.97. The van der Waals surface area contributed by atoms with Gasteiger partial charge in [-0.3, -0.25) is 9.36 Å². The van der Waals surface area contributed by atoms with Crippen LogP contribution in [0.25, 0.3) is 21.3 Å². The van der Waals surface area contributed by atoms with E-state index in [2.05, 4.69) is 4.98 Å². The molecule has 0 spiro atoms. The van der Waals surface area contributed by atoms with Gasteiger partial charge in [-0.2, -0.15) is 0 Å². The monoisotopic (exact) mass is 370 g/mol. The van der Waals surface area contributed by atoms with Gasteiger partial charge in [0, 0.05) is 16.0 Å². The van der Waals surface area contributed by atoms with Gasteiger partial charge >= 0.3 is 0 Å². The summed E-state index contributed by atoms with van der Waals surface area (Å²) in [5.41, 5.74) is 2.80. The second kappa shape index (κ2) is 6.43. The number of benzene rings is 2. The fourth-order valence-corrected chi connectivity index (χ4v) is 3.90. The highest BCUT2D eigenvalue weighted by atomic mass is 35.5. The molecule has 0 fully saturated rings. The highest BCUT2D eigenvalue weighted by Crippen LogP contribution is 2.31. The van der Waals surface area contributed by atoms with Crippen LogP contribution in [0, 0.1) is 5.82 Å². The van der Waals surface area contributed by atoms with Crippen LogP contribution in [0.4, 0.5) is 4.39 Å². The lowest BCUT2D eigenvalue weighted by Crippen LogP contribution is -2.20. The molecule has 2 aromatic heterocycles. The van der Waals surface area contributed by atoms with Crippen molar-refractivity contribution in [3.63, 3.8) is 0 Å². The van der Waals surface area contributed by atoms with E-state index in [1.54, 1.807) is 12.1 Å². The SMILES string of the molecule is O=c1c2scc(-c3cccc(F)c3)c2ncn1Cc1ccccc1Cl. The Labute approximate surface area is 152 Å². The molecule has 0 aliphatic heterocycles. The zero-order chi connectivity index (χ0) is 17.4. The number of thiophene rings is 1. The van der Waals surface area contributed by atoms with E-state index >= 15 is 0 Å². The van der Waals surface area contributed by atoms with Crippen LogP contribution in [0.5, 0.6) is 0 Å². The molecule has 2 aromatic carbocycles. The highest BCUT2D eigenvalue weighted by molar-refractivity contribution is 7.17. The normalized spacial score (nSPS) is 11.1. The highest BCUT2D eigenvalue weighted by Gasteiger charge is 2.13. The Hall–Kier alpha value is -2.50. The molecule has 0 radical (unpaired) electrons. The minimum absolute atomic E-state index is 0.127. The molecular formula is C19H12ClFN2OS. The Morgan fingerprint density at radius 2 is 2.00 bits per heavy atom. The first-order chi connectivity index (χ1) is 12.1. The Morgan fingerprint density at radius 1 is 1.16 bits per heavy atom. The number of hydrogen-bond donors (Lipinski definition) is 0. The first kappa shape index (κ1) is 16.0. The number of rotatable bonds is 3. The predicted molar refractivity (Wildman–Crippen MR) is 99.8 cm³/mol. The van der Waals surface area contributed by atoms with Gasteiger partial charge in [-0.1, -0.05) is 41.9 Å². The summed E-state index contributed by atoms with van der Waals surface area (Å²) < 4.78 is 15.6. The molecule has 0 saturated carbocycles. The third-order valence-electron chi connectivity index (χ3n) is 3.98. The molecule has 4 rings (SSSR count). The fraction of sp³-hybridized carbons (Fsp3) is 0.0526. The summed E-state index contributed by atoms with van der Waals surface area (Å²) >= 11 is 7.49. The molecule has 0 amide bonds. The second-order valence-electron chi connectivity index (χ2n) is 5.61. The summed E-state index contributed by atoms with van der Waals surface area (Å²) in [6.45, 7) is 0.356. The summed E-state index contributed by atoms with van der Waals surface area (Å²) in [6.07, 6.45) is 1.52. The van der Waals surface area contributed by atoms with Crippen molar-refractivity contribution in [1.82, 2.24) is 9.55 Å². The van der Waals surface area contributed by atoms with E-state index < -0.39 is 0 Å². The smallest absolute Gasteiger partial charge is 0.271 e. The summed E-state index contributed by atoms with van der Waals surface area (Å²) in [7, 11) is 0. The Morgan fingerprint density at radius 3 is 2.80 bits per heavy atom. The second-order valence-corrected chi connectivity index (χ2v) is 6.89. The number of fused-ring (bicyclic) bond motifs is 1. The van der Waals surface area contributed by atoms with Gasteiger partial charge in [0.15, 0.2) is 0 Å². The maximum Gasteiger partial charge on any atom is 0.271 e. The summed E-state index contributed by atoms with van der Waals surface area (Å²) in [5, 5.41) is 2.45. The Balaban J connectivity index is 1.80. The maximum atomic E-state index is 13.5. The minimum atomic E-state index is -0.316. The van der Waals surface area contributed by atoms with Crippen molar-refractivity contribution in [3.8, 4) is 11.1 Å². The van der Waals surface area contributed by atoms with Gasteiger partial charge in [-0.15, -0.1) is 11.3 Å². The lowest BCUT2D eigenvalue weighted by atomic mass is 10.1. The molecule has 0 bridgehead atoms. The molecule has 4 aromatic rings. The third-order valence-corrected chi connectivity index (χ3v) is 5.31. The van der Waals surface area contributed by atoms with Crippen molar-refractivity contribution in [3.05, 3.63) is 87.0 Å². The average Bonchev–Trinajstić information content (AvgIpc) is 3.04. The Bertz CT molecular complexity index is 1140. The van der Waals surface area contributed by atoms with Crippen LogP contribution in [-0.4, -0.2) is 9.55 Å². The maximum absolute atomic E-state index is 13.5. The quantitative estimate of drug-likeness (QED) is 0.510. The summed E-state index contributed by atoms with van der Waals surface area (Å²) in [4.78, 5) is 17.2. The van der Waals surface area contributed by atoms with Crippen LogP contribution < -0.4 is 5.56 Å². The first-order valence-corrected chi connectivity index (χ1v) is 8.85. The zero-order valence-electron chi connectivity index (χ0n) is 12.9. The number of hydrogen-bond acceptors (Lipinski definition) is 3. The number of halogens is 2. The van der Waals surface area contributed by atoms with Crippen LogP contribution in [0.15, 0.2) is 65.0 Å². The molecule has 3 nitrogen and oxygen atoms in total. The lowest BCUT2D eigenvalue weighted by molar-refractivity contribution is 0.628. The number of nitrogens with zero attached hydrogens (tertiary/aromatic N) is 2. The molecule has 0 unspecified atom stereocenters. The van der Waals surface area contributed by atoms with E-state index in [0.717, 1.165) is 11.1 Å². The molecule has 25 heavy (non-hydrogen) atoms. The van der Waals surface area contributed by atoms with Crippen LogP contribution >= 0.6 is 22.9 Å². The Kier molecular flexibility index (Phi) is 4.11. The van der Waals surface area contributed by atoms with E-state index in [1.807, 2.05) is 29.6 Å². The van der Waals surface area contributed by atoms with Crippen LogP contribution in [0.2, 0.25) is 5.02 Å². The minimum Gasteiger partial charge on any atom is -0.293 e. The van der Waals surface area contributed by atoms with Crippen LogP contribution in [0.3, 0.4) is 0 Å². The molecule has 0 aliphatic rings. The van der Waals surface area contributed by atoms with Gasteiger partial charge in [-0.05, 0) is 29.3 Å². The van der Waals surface area contributed by atoms with Gasteiger partial charge in [0.05, 0.1) is 18.4 Å². The topological polar surface area (TPSA) is 34.9 Å². The van der Waals surface area contributed by atoms with Gasteiger partial charge in [0.2, 0.25) is 0 Å². The van der Waals surface area contributed by atoms with Gasteiger partial charge in [0.25, 0.3) is 5.56 Å². The fourth-order valence-electron chi connectivity index (χ4n) is 2.73. The van der Waals surface area contributed by atoms with E-state index in [-0.39, 0.29) is 11.4 Å². The molecule has 0 saturated heterocycles.